The summed E-state index contributed by atoms with van der Waals surface area (Å²) in [5.74, 6) is 2.56. The van der Waals surface area contributed by atoms with Crippen LogP contribution in [0.5, 0.6) is 0 Å². The molecule has 1 aromatic carbocycles. The molecule has 1 spiro atoms. The summed E-state index contributed by atoms with van der Waals surface area (Å²) in [5, 5.41) is 3.36. The lowest BCUT2D eigenvalue weighted by atomic mass is 9.57. The van der Waals surface area contributed by atoms with Gasteiger partial charge in [0.2, 0.25) is 5.91 Å². The van der Waals surface area contributed by atoms with Gasteiger partial charge in [0.05, 0.1) is 17.7 Å². The predicted molar refractivity (Wildman–Crippen MR) is 153 cm³/mol. The third-order valence-electron chi connectivity index (χ3n) is 12.4. The molecule has 2 amide bonds. The van der Waals surface area contributed by atoms with E-state index in [9.17, 15) is 9.59 Å². The quantitative estimate of drug-likeness (QED) is 0.437. The van der Waals surface area contributed by atoms with Crippen molar-refractivity contribution in [2.45, 2.75) is 115 Å². The fraction of sp³-hybridized carbons (Fsp3) is 0.706. The second-order valence-corrected chi connectivity index (χ2v) is 14.2. The Morgan fingerprint density at radius 2 is 1.98 bits per heavy atom. The standard InChI is InChI=1S/C34H46N2O4/c1-21-19-34(16-13-24-25-11-12-29-33(3,15-14-30(37)35-29)27(25)18-26(21)24)22(2)31-28(40-34)10-7-17-36(31)32(38)39-20-23-8-5-4-6-9-23/h4-6,8-9,22,24-25,27-29,31H,7,10-20H2,1-3H3,(H,35,37). The van der Waals surface area contributed by atoms with Crippen molar-refractivity contribution in [2.75, 3.05) is 6.54 Å². The number of likely N-dealkylation sites (tertiary alicyclic amines) is 1. The van der Waals surface area contributed by atoms with Gasteiger partial charge in [-0.1, -0.05) is 55.3 Å². The van der Waals surface area contributed by atoms with Crippen molar-refractivity contribution >= 4 is 12.0 Å². The van der Waals surface area contributed by atoms with Gasteiger partial charge in [-0.2, -0.15) is 0 Å². The molecule has 3 aliphatic heterocycles. The molecule has 40 heavy (non-hydrogen) atoms. The predicted octanol–water partition coefficient (Wildman–Crippen LogP) is 6.39. The smallest absolute Gasteiger partial charge is 0.410 e. The van der Waals surface area contributed by atoms with E-state index >= 15 is 0 Å². The summed E-state index contributed by atoms with van der Waals surface area (Å²) < 4.78 is 12.9. The Morgan fingerprint density at radius 3 is 2.80 bits per heavy atom. The van der Waals surface area contributed by atoms with Crippen LogP contribution in [-0.2, 0) is 20.9 Å². The maximum atomic E-state index is 13.4. The van der Waals surface area contributed by atoms with Crippen molar-refractivity contribution in [2.24, 2.45) is 29.1 Å². The summed E-state index contributed by atoms with van der Waals surface area (Å²) in [6.07, 6.45) is 10.4. The molecule has 6 aliphatic rings. The molecule has 6 nitrogen and oxygen atoms in total. The number of carbonyl (C=O) groups excluding carboxylic acids is 2. The van der Waals surface area contributed by atoms with Crippen LogP contribution in [-0.4, -0.2) is 47.2 Å². The van der Waals surface area contributed by atoms with E-state index in [1.54, 1.807) is 11.1 Å². The minimum atomic E-state index is -0.200. The first-order chi connectivity index (χ1) is 19.3. The summed E-state index contributed by atoms with van der Waals surface area (Å²) in [6, 6.07) is 10.4. The monoisotopic (exact) mass is 546 g/mol. The van der Waals surface area contributed by atoms with Gasteiger partial charge >= 0.3 is 6.09 Å². The zero-order valence-electron chi connectivity index (χ0n) is 24.5. The molecule has 2 saturated carbocycles. The second-order valence-electron chi connectivity index (χ2n) is 14.2. The third-order valence-corrected chi connectivity index (χ3v) is 12.4. The van der Waals surface area contributed by atoms with Crippen LogP contribution in [0.15, 0.2) is 41.5 Å². The zero-order valence-corrected chi connectivity index (χ0v) is 24.5. The first-order valence-corrected chi connectivity index (χ1v) is 15.9. The summed E-state index contributed by atoms with van der Waals surface area (Å²) in [4.78, 5) is 27.5. The number of piperidine rings is 2. The van der Waals surface area contributed by atoms with Crippen LogP contribution in [0.3, 0.4) is 0 Å². The van der Waals surface area contributed by atoms with E-state index in [4.69, 9.17) is 9.47 Å². The van der Waals surface area contributed by atoms with Crippen LogP contribution in [0.2, 0.25) is 0 Å². The molecule has 3 aliphatic carbocycles. The van der Waals surface area contributed by atoms with Crippen LogP contribution in [0.4, 0.5) is 4.79 Å². The number of nitrogens with one attached hydrogen (secondary N) is 1. The van der Waals surface area contributed by atoms with Gasteiger partial charge < -0.3 is 19.7 Å². The Labute approximate surface area is 239 Å². The normalized spacial score (nSPS) is 42.4. The molecule has 216 valence electrons. The van der Waals surface area contributed by atoms with Crippen LogP contribution in [0.1, 0.15) is 90.5 Å². The van der Waals surface area contributed by atoms with Crippen molar-refractivity contribution in [1.29, 1.82) is 0 Å². The molecule has 7 rings (SSSR count). The van der Waals surface area contributed by atoms with Gasteiger partial charge in [0, 0.05) is 24.9 Å². The van der Waals surface area contributed by atoms with E-state index in [-0.39, 0.29) is 41.1 Å². The van der Waals surface area contributed by atoms with Crippen LogP contribution >= 0.6 is 0 Å². The van der Waals surface area contributed by atoms with Crippen LogP contribution in [0, 0.1) is 29.1 Å². The largest absolute Gasteiger partial charge is 0.445 e. The average Bonchev–Trinajstić information content (AvgIpc) is 3.43. The molecular weight excluding hydrogens is 500 g/mol. The molecule has 1 N–H and O–H groups in total. The topological polar surface area (TPSA) is 67.9 Å². The molecule has 6 heteroatoms. The lowest BCUT2D eigenvalue weighted by Crippen LogP contribution is -2.57. The third kappa shape index (κ3) is 4.15. The Hall–Kier alpha value is -2.34. The summed E-state index contributed by atoms with van der Waals surface area (Å²) in [7, 11) is 0. The van der Waals surface area contributed by atoms with E-state index in [1.165, 1.54) is 19.3 Å². The Morgan fingerprint density at radius 1 is 1.15 bits per heavy atom. The van der Waals surface area contributed by atoms with Gasteiger partial charge in [-0.3, -0.25) is 4.79 Å². The number of carbonyl (C=O) groups is 2. The van der Waals surface area contributed by atoms with Crippen LogP contribution < -0.4 is 5.32 Å². The first kappa shape index (κ1) is 26.6. The highest BCUT2D eigenvalue weighted by atomic mass is 16.6. The molecular formula is C34H46N2O4. The average molecular weight is 547 g/mol. The maximum absolute atomic E-state index is 13.4. The number of ether oxygens (including phenoxy) is 2. The maximum Gasteiger partial charge on any atom is 0.410 e. The number of fused-ring (bicyclic) bond motifs is 6. The van der Waals surface area contributed by atoms with E-state index in [1.807, 2.05) is 35.2 Å². The van der Waals surface area contributed by atoms with E-state index < -0.39 is 0 Å². The second kappa shape index (κ2) is 9.89. The van der Waals surface area contributed by atoms with Crippen molar-refractivity contribution in [3.05, 3.63) is 47.0 Å². The summed E-state index contributed by atoms with van der Waals surface area (Å²) >= 11 is 0. The van der Waals surface area contributed by atoms with Crippen molar-refractivity contribution in [3.63, 3.8) is 0 Å². The molecule has 3 saturated heterocycles. The van der Waals surface area contributed by atoms with Gasteiger partial charge in [-0.15, -0.1) is 0 Å². The zero-order chi connectivity index (χ0) is 27.6. The minimum Gasteiger partial charge on any atom is -0.445 e. The molecule has 9 atom stereocenters. The Kier molecular flexibility index (Phi) is 6.56. The SMILES string of the molecule is CC1=C2CC3C(CCC4NC(=O)CCC43C)C2CCC2(C1)OC1CCCN(C(=O)OCc3ccccc3)C1C2C. The first-order valence-electron chi connectivity index (χ1n) is 15.9. The van der Waals surface area contributed by atoms with Crippen molar-refractivity contribution in [1.82, 2.24) is 10.2 Å². The number of amides is 2. The number of rotatable bonds is 2. The summed E-state index contributed by atoms with van der Waals surface area (Å²) in [6.45, 7) is 8.24. The molecule has 0 bridgehead atoms. The van der Waals surface area contributed by atoms with E-state index in [2.05, 4.69) is 26.1 Å². The highest BCUT2D eigenvalue weighted by molar-refractivity contribution is 5.77. The Balaban J connectivity index is 1.10. The number of hydrogen-bond donors (Lipinski definition) is 1. The van der Waals surface area contributed by atoms with Gasteiger partial charge in [-0.25, -0.2) is 4.79 Å². The molecule has 5 fully saturated rings. The fourth-order valence-corrected chi connectivity index (χ4v) is 10.3. The molecule has 3 heterocycles. The number of nitrogens with zero attached hydrogens (tertiary/aromatic N) is 1. The minimum absolute atomic E-state index is 0.0840. The molecule has 0 aromatic heterocycles. The van der Waals surface area contributed by atoms with Gasteiger partial charge in [0.1, 0.15) is 6.61 Å². The van der Waals surface area contributed by atoms with Gasteiger partial charge in [-0.05, 0) is 93.4 Å². The van der Waals surface area contributed by atoms with Crippen LogP contribution in [0.25, 0.3) is 0 Å². The number of hydrogen-bond acceptors (Lipinski definition) is 4. The number of benzene rings is 1. The lowest BCUT2D eigenvalue weighted by molar-refractivity contribution is -0.130. The molecule has 1 aromatic rings. The highest BCUT2D eigenvalue weighted by Crippen LogP contribution is 2.62. The van der Waals surface area contributed by atoms with Gasteiger partial charge in [0.15, 0.2) is 0 Å². The van der Waals surface area contributed by atoms with Crippen molar-refractivity contribution < 1.29 is 19.1 Å². The molecule has 0 radical (unpaired) electrons. The summed E-state index contributed by atoms with van der Waals surface area (Å²) in [5.41, 5.74) is 4.29. The van der Waals surface area contributed by atoms with E-state index in [0.29, 0.717) is 30.9 Å². The fourth-order valence-electron chi connectivity index (χ4n) is 10.3. The van der Waals surface area contributed by atoms with Crippen molar-refractivity contribution in [3.8, 4) is 0 Å². The van der Waals surface area contributed by atoms with E-state index in [0.717, 1.165) is 56.6 Å². The lowest BCUT2D eigenvalue weighted by Gasteiger charge is -2.52. The Bertz CT molecular complexity index is 1200. The highest BCUT2D eigenvalue weighted by Gasteiger charge is 2.60. The van der Waals surface area contributed by atoms with Gasteiger partial charge in [0.25, 0.3) is 0 Å². The number of allylic oxidation sites excluding steroid dienone is 1. The molecule has 9 unspecified atom stereocenters.